The number of benzene rings is 1. The van der Waals surface area contributed by atoms with Crippen molar-refractivity contribution in [3.05, 3.63) is 34.8 Å². The largest absolute Gasteiger partial charge is 0.444 e. The van der Waals surface area contributed by atoms with Crippen LogP contribution < -0.4 is 0 Å². The molecule has 1 fully saturated rings. The second kappa shape index (κ2) is 8.15. The van der Waals surface area contributed by atoms with Crippen LogP contribution in [0.25, 0.3) is 16.9 Å². The molecule has 2 aromatic heterocycles. The summed E-state index contributed by atoms with van der Waals surface area (Å²) in [6.45, 7) is 11.0. The number of nitrogens with zero attached hydrogens (tertiary/aromatic N) is 5. The first-order valence-corrected chi connectivity index (χ1v) is 11.0. The maximum atomic E-state index is 12.3. The summed E-state index contributed by atoms with van der Waals surface area (Å²) in [6.07, 6.45) is 1.20. The van der Waals surface area contributed by atoms with Gasteiger partial charge in [-0.1, -0.05) is 31.5 Å². The van der Waals surface area contributed by atoms with Crippen molar-refractivity contribution in [3.8, 4) is 5.95 Å². The Bertz CT molecular complexity index is 1090. The molecular formula is C22H28ClN5O3. The third kappa shape index (κ3) is 4.39. The molecule has 1 saturated heterocycles. The van der Waals surface area contributed by atoms with Crippen molar-refractivity contribution in [1.82, 2.24) is 24.8 Å². The average molecular weight is 446 g/mol. The van der Waals surface area contributed by atoms with Gasteiger partial charge in [-0.3, -0.25) is 0 Å². The number of amides is 1. The van der Waals surface area contributed by atoms with Crippen LogP contribution in [0.1, 0.15) is 70.9 Å². The van der Waals surface area contributed by atoms with Crippen molar-refractivity contribution in [3.63, 3.8) is 0 Å². The van der Waals surface area contributed by atoms with Crippen molar-refractivity contribution in [2.24, 2.45) is 0 Å². The Balaban J connectivity index is 1.53. The van der Waals surface area contributed by atoms with Gasteiger partial charge in [-0.05, 0) is 56.8 Å². The minimum Gasteiger partial charge on any atom is -0.444 e. The molecule has 3 heterocycles. The number of hydrogen-bond donors (Lipinski definition) is 0. The second-order valence-corrected chi connectivity index (χ2v) is 9.67. The van der Waals surface area contributed by atoms with E-state index in [0.29, 0.717) is 30.0 Å². The molecule has 31 heavy (non-hydrogen) atoms. The SMILES string of the molecule is CC(C)c1nn(-c2noc(C3CCN(C(=O)OC(C)(C)C)CC3)n2)c2cccc(Cl)c12. The van der Waals surface area contributed by atoms with Gasteiger partial charge in [0.1, 0.15) is 5.60 Å². The number of hydrogen-bond acceptors (Lipinski definition) is 6. The number of halogens is 1. The van der Waals surface area contributed by atoms with Gasteiger partial charge in [-0.25, -0.2) is 4.79 Å². The normalized spacial score (nSPS) is 15.8. The number of carbonyl (C=O) groups is 1. The van der Waals surface area contributed by atoms with Gasteiger partial charge in [0.2, 0.25) is 5.89 Å². The van der Waals surface area contributed by atoms with E-state index in [-0.39, 0.29) is 17.9 Å². The van der Waals surface area contributed by atoms with E-state index >= 15 is 0 Å². The molecule has 9 heteroatoms. The maximum Gasteiger partial charge on any atom is 0.410 e. The number of rotatable bonds is 3. The standard InChI is InChI=1S/C22H28ClN5O3/c1-13(2)18-17-15(23)7-6-8-16(17)28(25-18)20-24-19(31-26-20)14-9-11-27(12-10-14)21(29)30-22(3,4)5/h6-8,13-14H,9-12H2,1-5H3. The van der Waals surface area contributed by atoms with Gasteiger partial charge < -0.3 is 14.2 Å². The molecule has 8 nitrogen and oxygen atoms in total. The lowest BCUT2D eigenvalue weighted by atomic mass is 9.97. The fourth-order valence-electron chi connectivity index (χ4n) is 3.83. The summed E-state index contributed by atoms with van der Waals surface area (Å²) in [5.41, 5.74) is 1.25. The van der Waals surface area contributed by atoms with Crippen LogP contribution in [-0.2, 0) is 4.74 Å². The van der Waals surface area contributed by atoms with E-state index in [1.807, 2.05) is 39.0 Å². The Labute approximate surface area is 186 Å². The average Bonchev–Trinajstić information content (AvgIpc) is 3.32. The quantitative estimate of drug-likeness (QED) is 0.543. The first-order valence-electron chi connectivity index (χ1n) is 10.6. The number of likely N-dealkylation sites (tertiary alicyclic amines) is 1. The number of fused-ring (bicyclic) bond motifs is 1. The molecule has 3 aromatic rings. The van der Waals surface area contributed by atoms with Crippen LogP contribution in [0.15, 0.2) is 22.7 Å². The molecule has 0 N–H and O–H groups in total. The summed E-state index contributed by atoms with van der Waals surface area (Å²) in [5.74, 6) is 1.25. The van der Waals surface area contributed by atoms with Crippen LogP contribution in [0.2, 0.25) is 5.02 Å². The Morgan fingerprint density at radius 3 is 2.61 bits per heavy atom. The maximum absolute atomic E-state index is 12.3. The highest BCUT2D eigenvalue weighted by Crippen LogP contribution is 2.33. The highest BCUT2D eigenvalue weighted by Gasteiger charge is 2.30. The highest BCUT2D eigenvalue weighted by atomic mass is 35.5. The van der Waals surface area contributed by atoms with Gasteiger partial charge in [-0.15, -0.1) is 0 Å². The summed E-state index contributed by atoms with van der Waals surface area (Å²) in [4.78, 5) is 18.6. The van der Waals surface area contributed by atoms with Crippen molar-refractivity contribution in [1.29, 1.82) is 0 Å². The Kier molecular flexibility index (Phi) is 5.68. The van der Waals surface area contributed by atoms with E-state index in [4.69, 9.17) is 26.0 Å². The fraction of sp³-hybridized carbons (Fsp3) is 0.545. The minimum atomic E-state index is -0.500. The second-order valence-electron chi connectivity index (χ2n) is 9.26. The zero-order valence-electron chi connectivity index (χ0n) is 18.6. The van der Waals surface area contributed by atoms with Gasteiger partial charge in [-0.2, -0.15) is 14.8 Å². The van der Waals surface area contributed by atoms with E-state index in [1.54, 1.807) is 9.58 Å². The summed E-state index contributed by atoms with van der Waals surface area (Å²) in [6, 6.07) is 5.71. The molecule has 1 amide bonds. The Morgan fingerprint density at radius 2 is 1.97 bits per heavy atom. The molecule has 0 atom stereocenters. The van der Waals surface area contributed by atoms with Gasteiger partial charge in [0.25, 0.3) is 5.95 Å². The number of aromatic nitrogens is 4. The molecular weight excluding hydrogens is 418 g/mol. The molecule has 166 valence electrons. The lowest BCUT2D eigenvalue weighted by molar-refractivity contribution is 0.0198. The summed E-state index contributed by atoms with van der Waals surface area (Å²) < 4.78 is 12.8. The monoisotopic (exact) mass is 445 g/mol. The van der Waals surface area contributed by atoms with Crippen LogP contribution in [0.5, 0.6) is 0 Å². The zero-order valence-corrected chi connectivity index (χ0v) is 19.3. The van der Waals surface area contributed by atoms with E-state index in [9.17, 15) is 4.79 Å². The molecule has 0 bridgehead atoms. The van der Waals surface area contributed by atoms with Crippen LogP contribution in [-0.4, -0.2) is 49.6 Å². The summed E-state index contributed by atoms with van der Waals surface area (Å²) in [5, 5.41) is 10.5. The van der Waals surface area contributed by atoms with E-state index in [0.717, 1.165) is 29.4 Å². The minimum absolute atomic E-state index is 0.0925. The van der Waals surface area contributed by atoms with E-state index < -0.39 is 5.60 Å². The van der Waals surface area contributed by atoms with Gasteiger partial charge in [0.15, 0.2) is 0 Å². The predicted molar refractivity (Wildman–Crippen MR) is 118 cm³/mol. The molecule has 4 rings (SSSR count). The van der Waals surface area contributed by atoms with Crippen molar-refractivity contribution in [2.45, 2.75) is 64.9 Å². The topological polar surface area (TPSA) is 86.3 Å². The molecule has 0 saturated carbocycles. The van der Waals surface area contributed by atoms with Crippen molar-refractivity contribution < 1.29 is 14.1 Å². The molecule has 0 aliphatic carbocycles. The zero-order chi connectivity index (χ0) is 22.3. The fourth-order valence-corrected chi connectivity index (χ4v) is 4.09. The van der Waals surface area contributed by atoms with Gasteiger partial charge >= 0.3 is 6.09 Å². The van der Waals surface area contributed by atoms with E-state index in [1.165, 1.54) is 0 Å². The first kappa shape index (κ1) is 21.6. The highest BCUT2D eigenvalue weighted by molar-refractivity contribution is 6.35. The Hall–Kier alpha value is -2.61. The van der Waals surface area contributed by atoms with Crippen LogP contribution in [0.3, 0.4) is 0 Å². The van der Waals surface area contributed by atoms with Crippen LogP contribution in [0, 0.1) is 0 Å². The third-order valence-electron chi connectivity index (χ3n) is 5.35. The molecule has 0 radical (unpaired) electrons. The molecule has 1 aliphatic heterocycles. The van der Waals surface area contributed by atoms with E-state index in [2.05, 4.69) is 24.0 Å². The van der Waals surface area contributed by atoms with Gasteiger partial charge in [0.05, 0.1) is 16.2 Å². The van der Waals surface area contributed by atoms with Crippen molar-refractivity contribution in [2.75, 3.05) is 13.1 Å². The number of ether oxygens (including phenoxy) is 1. The molecule has 0 unspecified atom stereocenters. The predicted octanol–water partition coefficient (Wildman–Crippen LogP) is 5.30. The number of piperidine rings is 1. The summed E-state index contributed by atoms with van der Waals surface area (Å²) in [7, 11) is 0. The molecule has 0 spiro atoms. The van der Waals surface area contributed by atoms with Crippen molar-refractivity contribution >= 4 is 28.6 Å². The number of carbonyl (C=O) groups excluding carboxylic acids is 1. The van der Waals surface area contributed by atoms with Crippen LogP contribution >= 0.6 is 11.6 Å². The smallest absolute Gasteiger partial charge is 0.410 e. The third-order valence-corrected chi connectivity index (χ3v) is 5.66. The lowest BCUT2D eigenvalue weighted by Crippen LogP contribution is -2.41. The van der Waals surface area contributed by atoms with Gasteiger partial charge in [0, 0.05) is 24.4 Å². The summed E-state index contributed by atoms with van der Waals surface area (Å²) >= 11 is 6.45. The Morgan fingerprint density at radius 1 is 1.26 bits per heavy atom. The molecule has 1 aliphatic rings. The lowest BCUT2D eigenvalue weighted by Gasteiger charge is -2.32. The van der Waals surface area contributed by atoms with Crippen LogP contribution in [0.4, 0.5) is 4.79 Å². The first-order chi connectivity index (χ1) is 14.6. The molecule has 1 aromatic carbocycles.